The van der Waals surface area contributed by atoms with Gasteiger partial charge in [-0.15, -0.1) is 0 Å². The molecule has 4 nitrogen and oxygen atoms in total. The van der Waals surface area contributed by atoms with Crippen LogP contribution in [0, 0.1) is 5.41 Å². The van der Waals surface area contributed by atoms with Gasteiger partial charge in [-0.1, -0.05) is 39.5 Å². The monoisotopic (exact) mass is 228 g/mol. The van der Waals surface area contributed by atoms with Crippen LogP contribution < -0.4 is 10.9 Å². The lowest BCUT2D eigenvalue weighted by Crippen LogP contribution is -2.35. The van der Waals surface area contributed by atoms with E-state index in [4.69, 9.17) is 0 Å². The van der Waals surface area contributed by atoms with E-state index in [1.807, 2.05) is 6.92 Å². The van der Waals surface area contributed by atoms with Crippen molar-refractivity contribution in [1.82, 2.24) is 10.9 Å². The summed E-state index contributed by atoms with van der Waals surface area (Å²) in [7, 11) is 0. The molecule has 1 atom stereocenters. The minimum absolute atomic E-state index is 0.0832. The summed E-state index contributed by atoms with van der Waals surface area (Å²) in [4.78, 5) is 15.2. The van der Waals surface area contributed by atoms with Crippen molar-refractivity contribution in [1.29, 1.82) is 0 Å². The van der Waals surface area contributed by atoms with Crippen LogP contribution in [0.2, 0.25) is 0 Å². The maximum Gasteiger partial charge on any atom is 0.248 e. The molecule has 0 saturated carbocycles. The van der Waals surface area contributed by atoms with Gasteiger partial charge in [0.25, 0.3) is 0 Å². The van der Waals surface area contributed by atoms with Gasteiger partial charge in [-0.25, -0.2) is 0 Å². The van der Waals surface area contributed by atoms with E-state index in [1.54, 1.807) is 0 Å². The molecule has 1 unspecified atom stereocenters. The Morgan fingerprint density at radius 2 is 2.27 bits per heavy atom. The highest BCUT2D eigenvalue weighted by atomic mass is 32.2. The normalized spacial score (nSPS) is 24.3. The Bertz CT molecular complexity index is 270. The molecule has 5 heteroatoms. The SMILES string of the molecule is CCCC(=O)N=C1[N]NC(C(C)(C)C)S1. The number of nitrogens with one attached hydrogen (secondary N) is 1. The number of thioether (sulfide) groups is 1. The van der Waals surface area contributed by atoms with Crippen molar-refractivity contribution in [2.75, 3.05) is 0 Å². The first kappa shape index (κ1) is 12.5. The predicted octanol–water partition coefficient (Wildman–Crippen LogP) is 1.90. The van der Waals surface area contributed by atoms with Gasteiger partial charge in [0, 0.05) is 6.42 Å². The molecule has 0 bridgehead atoms. The highest BCUT2D eigenvalue weighted by Gasteiger charge is 2.32. The molecule has 1 fully saturated rings. The van der Waals surface area contributed by atoms with Gasteiger partial charge in [0.15, 0.2) is 0 Å². The summed E-state index contributed by atoms with van der Waals surface area (Å²) in [5.41, 5.74) is 7.16. The van der Waals surface area contributed by atoms with Crippen molar-refractivity contribution >= 4 is 22.8 Å². The molecule has 0 aromatic heterocycles. The van der Waals surface area contributed by atoms with Crippen LogP contribution in [0.3, 0.4) is 0 Å². The molecule has 1 radical (unpaired) electrons. The number of rotatable bonds is 2. The van der Waals surface area contributed by atoms with E-state index in [1.165, 1.54) is 11.8 Å². The van der Waals surface area contributed by atoms with Crippen LogP contribution >= 0.6 is 11.8 Å². The molecule has 1 aliphatic rings. The van der Waals surface area contributed by atoms with Crippen molar-refractivity contribution in [3.05, 3.63) is 0 Å². The van der Waals surface area contributed by atoms with Crippen molar-refractivity contribution in [2.24, 2.45) is 10.4 Å². The number of carbonyl (C=O) groups excluding carboxylic acids is 1. The molecule has 1 N–H and O–H groups in total. The highest BCUT2D eigenvalue weighted by molar-refractivity contribution is 8.14. The summed E-state index contributed by atoms with van der Waals surface area (Å²) in [6.07, 6.45) is 1.33. The third-order valence-corrected chi connectivity index (χ3v) is 3.41. The standard InChI is InChI=1S/C10H18N3OS/c1-5-6-7(14)11-9-13-12-8(15-9)10(2,3)4/h8,12H,5-6H2,1-4H3. The lowest BCUT2D eigenvalue weighted by atomic mass is 9.97. The van der Waals surface area contributed by atoms with Crippen LogP contribution in [0.1, 0.15) is 40.5 Å². The van der Waals surface area contributed by atoms with Crippen LogP contribution in [0.25, 0.3) is 0 Å². The fourth-order valence-corrected chi connectivity index (χ4v) is 2.00. The Kier molecular flexibility index (Phi) is 4.16. The zero-order valence-corrected chi connectivity index (χ0v) is 10.5. The van der Waals surface area contributed by atoms with E-state index >= 15 is 0 Å². The van der Waals surface area contributed by atoms with E-state index < -0.39 is 0 Å². The first-order valence-electron chi connectivity index (χ1n) is 5.18. The molecule has 15 heavy (non-hydrogen) atoms. The second-order valence-electron chi connectivity index (χ2n) is 4.64. The van der Waals surface area contributed by atoms with E-state index in [9.17, 15) is 4.79 Å². The summed E-state index contributed by atoms with van der Waals surface area (Å²) in [5, 5.41) is 0.763. The van der Waals surface area contributed by atoms with E-state index in [2.05, 4.69) is 36.6 Å². The van der Waals surface area contributed by atoms with Gasteiger partial charge in [-0.3, -0.25) is 4.79 Å². The number of hydrogen-bond donors (Lipinski definition) is 1. The zero-order valence-electron chi connectivity index (χ0n) is 9.70. The molecule has 85 valence electrons. The minimum Gasteiger partial charge on any atom is -0.273 e. The minimum atomic E-state index is -0.0832. The van der Waals surface area contributed by atoms with Gasteiger partial charge in [-0.2, -0.15) is 15.8 Å². The molecule has 1 amide bonds. The maximum absolute atomic E-state index is 11.3. The third kappa shape index (κ3) is 3.83. The fraction of sp³-hybridized carbons (Fsp3) is 0.800. The van der Waals surface area contributed by atoms with Gasteiger partial charge >= 0.3 is 0 Å². The Labute approximate surface area is 95.3 Å². The molecule has 1 heterocycles. The summed E-state index contributed by atoms with van der Waals surface area (Å²) < 4.78 is 0. The molecule has 1 rings (SSSR count). The van der Waals surface area contributed by atoms with Crippen molar-refractivity contribution in [3.8, 4) is 0 Å². The summed E-state index contributed by atoms with van der Waals surface area (Å²) >= 11 is 1.52. The van der Waals surface area contributed by atoms with Crippen molar-refractivity contribution in [2.45, 2.75) is 45.9 Å². The zero-order chi connectivity index (χ0) is 11.5. The number of amidine groups is 1. The molecule has 0 aromatic rings. The lowest BCUT2D eigenvalue weighted by molar-refractivity contribution is -0.117. The number of hydrogen-bond acceptors (Lipinski definition) is 3. The molecule has 1 aliphatic heterocycles. The summed E-state index contributed by atoms with van der Waals surface area (Å²) in [5.74, 6) is -0.0832. The van der Waals surface area contributed by atoms with E-state index in [0.29, 0.717) is 11.6 Å². The highest BCUT2D eigenvalue weighted by Crippen LogP contribution is 2.31. The predicted molar refractivity (Wildman–Crippen MR) is 63.5 cm³/mol. The first-order valence-corrected chi connectivity index (χ1v) is 6.06. The van der Waals surface area contributed by atoms with Crippen molar-refractivity contribution in [3.63, 3.8) is 0 Å². The number of aliphatic imine (C=N–C) groups is 1. The van der Waals surface area contributed by atoms with Crippen LogP contribution in [0.5, 0.6) is 0 Å². The average Bonchev–Trinajstić information content (AvgIpc) is 2.52. The molecule has 0 aliphatic carbocycles. The number of amides is 1. The van der Waals surface area contributed by atoms with E-state index in [-0.39, 0.29) is 16.7 Å². The van der Waals surface area contributed by atoms with Gasteiger partial charge < -0.3 is 0 Å². The molecule has 0 aromatic carbocycles. The first-order chi connectivity index (χ1) is 6.93. The Morgan fingerprint density at radius 1 is 1.60 bits per heavy atom. The third-order valence-electron chi connectivity index (χ3n) is 1.97. The molecular weight excluding hydrogens is 210 g/mol. The summed E-state index contributed by atoms with van der Waals surface area (Å²) in [6, 6.07) is 0. The van der Waals surface area contributed by atoms with Gasteiger partial charge in [0.1, 0.15) is 0 Å². The van der Waals surface area contributed by atoms with Gasteiger partial charge in [-0.05, 0) is 11.8 Å². The smallest absolute Gasteiger partial charge is 0.248 e. The average molecular weight is 228 g/mol. The number of carbonyl (C=O) groups is 1. The Hall–Kier alpha value is -0.550. The van der Waals surface area contributed by atoms with E-state index in [0.717, 1.165) is 6.42 Å². The largest absolute Gasteiger partial charge is 0.273 e. The van der Waals surface area contributed by atoms with Crippen molar-refractivity contribution < 1.29 is 4.79 Å². The lowest BCUT2D eigenvalue weighted by Gasteiger charge is -2.23. The van der Waals surface area contributed by atoms with Crippen LogP contribution in [0.4, 0.5) is 0 Å². The topological polar surface area (TPSA) is 55.6 Å². The second kappa shape index (κ2) is 4.99. The van der Waals surface area contributed by atoms with Gasteiger partial charge in [0.05, 0.1) is 5.37 Å². The molecule has 0 spiro atoms. The maximum atomic E-state index is 11.3. The molecule has 1 saturated heterocycles. The van der Waals surface area contributed by atoms with Crippen LogP contribution in [-0.2, 0) is 4.79 Å². The van der Waals surface area contributed by atoms with Crippen LogP contribution in [-0.4, -0.2) is 16.4 Å². The number of nitrogens with zero attached hydrogens (tertiary/aromatic N) is 2. The molecular formula is C10H18N3OS. The Morgan fingerprint density at radius 3 is 2.73 bits per heavy atom. The second-order valence-corrected chi connectivity index (χ2v) is 5.72. The summed E-state index contributed by atoms with van der Waals surface area (Å²) in [6.45, 7) is 8.35. The quantitative estimate of drug-likeness (QED) is 0.785. The van der Waals surface area contributed by atoms with Gasteiger partial charge in [0.2, 0.25) is 11.1 Å². The Balaban J connectivity index is 2.52. The fourth-order valence-electron chi connectivity index (χ4n) is 1.07. The van der Waals surface area contributed by atoms with Crippen LogP contribution in [0.15, 0.2) is 4.99 Å².